The maximum atomic E-state index is 10.9. The van der Waals surface area contributed by atoms with Gasteiger partial charge in [-0.15, -0.1) is 0 Å². The molecule has 0 aromatic carbocycles. The molecule has 0 amide bonds. The summed E-state index contributed by atoms with van der Waals surface area (Å²) in [4.78, 5) is 31.6. The van der Waals surface area contributed by atoms with Gasteiger partial charge in [0.1, 0.15) is 0 Å². The first-order valence-electron chi connectivity index (χ1n) is 4.18. The fourth-order valence-electron chi connectivity index (χ4n) is 0.500. The Morgan fingerprint density at radius 2 is 1.80 bits per heavy atom. The summed E-state index contributed by atoms with van der Waals surface area (Å²) in [5.41, 5.74) is 0. The van der Waals surface area contributed by atoms with Gasteiger partial charge in [0.05, 0.1) is 5.92 Å². The number of carboxylic acid groups (broad SMARTS) is 1. The Balaban J connectivity index is 3.73. The molecule has 0 spiro atoms. The number of esters is 2. The molecule has 0 aromatic rings. The van der Waals surface area contributed by atoms with Crippen LogP contribution in [0.1, 0.15) is 13.8 Å². The predicted octanol–water partition coefficient (Wildman–Crippen LogP) is 0.327. The second-order valence-corrected chi connectivity index (χ2v) is 2.87. The average Bonchev–Trinajstić information content (AvgIpc) is 2.14. The van der Waals surface area contributed by atoms with Crippen LogP contribution in [0.5, 0.6) is 0 Å². The van der Waals surface area contributed by atoms with Gasteiger partial charge in [-0.1, -0.05) is 13.8 Å². The second-order valence-electron chi connectivity index (χ2n) is 2.87. The molecular weight excluding hydrogens is 204 g/mol. The van der Waals surface area contributed by atoms with Crippen LogP contribution in [-0.2, 0) is 23.9 Å². The van der Waals surface area contributed by atoms with E-state index in [0.717, 1.165) is 6.08 Å². The van der Waals surface area contributed by atoms with Gasteiger partial charge in [0.15, 0.2) is 0 Å². The molecule has 84 valence electrons. The van der Waals surface area contributed by atoms with E-state index in [1.165, 1.54) is 0 Å². The van der Waals surface area contributed by atoms with Gasteiger partial charge >= 0.3 is 17.9 Å². The molecule has 0 unspecified atom stereocenters. The summed E-state index contributed by atoms with van der Waals surface area (Å²) < 4.78 is 8.90. The molecule has 0 heterocycles. The van der Waals surface area contributed by atoms with Crippen molar-refractivity contribution >= 4 is 17.9 Å². The van der Waals surface area contributed by atoms with Gasteiger partial charge in [0.25, 0.3) is 0 Å². The zero-order valence-electron chi connectivity index (χ0n) is 8.43. The summed E-state index contributed by atoms with van der Waals surface area (Å²) in [7, 11) is 0. The van der Waals surface area contributed by atoms with Crippen LogP contribution in [0.25, 0.3) is 0 Å². The van der Waals surface area contributed by atoms with Crippen LogP contribution < -0.4 is 0 Å². The molecule has 0 aliphatic heterocycles. The van der Waals surface area contributed by atoms with Gasteiger partial charge in [0, 0.05) is 12.2 Å². The number of hydrogen-bond acceptors (Lipinski definition) is 5. The molecule has 0 saturated heterocycles. The highest BCUT2D eigenvalue weighted by Gasteiger charge is 2.08. The van der Waals surface area contributed by atoms with Crippen LogP contribution in [-0.4, -0.2) is 29.8 Å². The highest BCUT2D eigenvalue weighted by atomic mass is 16.7. The SMILES string of the molecule is CC(C)C(=O)OCOC(=O)/C=C/C(=O)O. The quantitative estimate of drug-likeness (QED) is 0.404. The van der Waals surface area contributed by atoms with E-state index in [1.54, 1.807) is 13.8 Å². The lowest BCUT2D eigenvalue weighted by Gasteiger charge is -2.05. The van der Waals surface area contributed by atoms with E-state index in [1.807, 2.05) is 0 Å². The lowest BCUT2D eigenvalue weighted by molar-refractivity contribution is -0.166. The number of ether oxygens (including phenoxy) is 2. The first-order chi connectivity index (χ1) is 6.93. The summed E-state index contributed by atoms with van der Waals surface area (Å²) in [6, 6.07) is 0. The molecule has 0 aromatic heterocycles. The monoisotopic (exact) mass is 216 g/mol. The molecule has 0 radical (unpaired) electrons. The van der Waals surface area contributed by atoms with Crippen molar-refractivity contribution < 1.29 is 29.0 Å². The van der Waals surface area contributed by atoms with E-state index in [9.17, 15) is 14.4 Å². The number of hydrogen-bond donors (Lipinski definition) is 1. The Hall–Kier alpha value is -1.85. The Kier molecular flexibility index (Phi) is 5.77. The molecule has 0 bridgehead atoms. The highest BCUT2D eigenvalue weighted by molar-refractivity contribution is 5.90. The lowest BCUT2D eigenvalue weighted by atomic mass is 10.2. The molecule has 0 aliphatic carbocycles. The maximum absolute atomic E-state index is 10.9. The molecule has 15 heavy (non-hydrogen) atoms. The summed E-state index contributed by atoms with van der Waals surface area (Å²) in [6.45, 7) is 2.75. The van der Waals surface area contributed by atoms with Crippen LogP contribution in [0.15, 0.2) is 12.2 Å². The van der Waals surface area contributed by atoms with Crippen molar-refractivity contribution in [3.63, 3.8) is 0 Å². The summed E-state index contributed by atoms with van der Waals surface area (Å²) >= 11 is 0. The molecule has 0 aliphatic rings. The molecular formula is C9H12O6. The minimum atomic E-state index is -1.26. The summed E-state index contributed by atoms with van der Waals surface area (Å²) in [5, 5.41) is 8.17. The van der Waals surface area contributed by atoms with Crippen molar-refractivity contribution in [2.75, 3.05) is 6.79 Å². The molecule has 0 rings (SSSR count). The van der Waals surface area contributed by atoms with Gasteiger partial charge in [-0.2, -0.15) is 0 Å². The molecule has 0 atom stereocenters. The molecule has 6 nitrogen and oxygen atoms in total. The number of rotatable bonds is 5. The van der Waals surface area contributed by atoms with Gasteiger partial charge in [0.2, 0.25) is 6.79 Å². The minimum Gasteiger partial charge on any atom is -0.478 e. The number of carbonyl (C=O) groups excluding carboxylic acids is 2. The van der Waals surface area contributed by atoms with Crippen LogP contribution >= 0.6 is 0 Å². The molecule has 1 N–H and O–H groups in total. The summed E-state index contributed by atoms with van der Waals surface area (Å²) in [5.74, 6) is -2.94. The first-order valence-corrected chi connectivity index (χ1v) is 4.18. The van der Waals surface area contributed by atoms with E-state index in [-0.39, 0.29) is 5.92 Å². The van der Waals surface area contributed by atoms with E-state index < -0.39 is 24.7 Å². The fourth-order valence-corrected chi connectivity index (χ4v) is 0.500. The third-order valence-electron chi connectivity index (χ3n) is 1.24. The van der Waals surface area contributed by atoms with Gasteiger partial charge in [-0.05, 0) is 0 Å². The number of carboxylic acids is 1. The van der Waals surface area contributed by atoms with Crippen molar-refractivity contribution in [3.05, 3.63) is 12.2 Å². The lowest BCUT2D eigenvalue weighted by Crippen LogP contribution is -2.15. The van der Waals surface area contributed by atoms with Crippen molar-refractivity contribution in [3.8, 4) is 0 Å². The normalized spacial score (nSPS) is 10.3. The number of aliphatic carboxylic acids is 1. The van der Waals surface area contributed by atoms with E-state index in [4.69, 9.17) is 5.11 Å². The van der Waals surface area contributed by atoms with E-state index in [2.05, 4.69) is 9.47 Å². The minimum absolute atomic E-state index is 0.307. The van der Waals surface area contributed by atoms with Gasteiger partial charge in [-0.25, -0.2) is 9.59 Å². The maximum Gasteiger partial charge on any atom is 0.333 e. The third-order valence-corrected chi connectivity index (χ3v) is 1.24. The fraction of sp³-hybridized carbons (Fsp3) is 0.444. The Bertz CT molecular complexity index is 278. The van der Waals surface area contributed by atoms with Crippen molar-refractivity contribution in [2.24, 2.45) is 5.92 Å². The van der Waals surface area contributed by atoms with Gasteiger partial charge in [-0.3, -0.25) is 4.79 Å². The smallest absolute Gasteiger partial charge is 0.333 e. The van der Waals surface area contributed by atoms with Crippen molar-refractivity contribution in [2.45, 2.75) is 13.8 Å². The molecule has 6 heteroatoms. The van der Waals surface area contributed by atoms with Crippen LogP contribution in [0.4, 0.5) is 0 Å². The van der Waals surface area contributed by atoms with Gasteiger partial charge < -0.3 is 14.6 Å². The Morgan fingerprint density at radius 3 is 2.27 bits per heavy atom. The first kappa shape index (κ1) is 13.2. The largest absolute Gasteiger partial charge is 0.478 e. The zero-order chi connectivity index (χ0) is 11.8. The third kappa shape index (κ3) is 7.24. The van der Waals surface area contributed by atoms with Crippen LogP contribution in [0.3, 0.4) is 0 Å². The predicted molar refractivity (Wildman–Crippen MR) is 48.7 cm³/mol. The van der Waals surface area contributed by atoms with Crippen LogP contribution in [0.2, 0.25) is 0 Å². The van der Waals surface area contributed by atoms with Crippen molar-refractivity contribution in [1.29, 1.82) is 0 Å². The Labute approximate surface area is 86.5 Å². The van der Waals surface area contributed by atoms with Crippen molar-refractivity contribution in [1.82, 2.24) is 0 Å². The topological polar surface area (TPSA) is 89.9 Å². The Morgan fingerprint density at radius 1 is 1.20 bits per heavy atom. The van der Waals surface area contributed by atoms with E-state index >= 15 is 0 Å². The molecule has 0 saturated carbocycles. The van der Waals surface area contributed by atoms with Crippen LogP contribution in [0, 0.1) is 5.92 Å². The van der Waals surface area contributed by atoms with E-state index in [0.29, 0.717) is 6.08 Å². The zero-order valence-corrected chi connectivity index (χ0v) is 8.43. The second kappa shape index (κ2) is 6.58. The standard InChI is InChI=1S/C9H12O6/c1-6(2)9(13)15-5-14-8(12)4-3-7(10)11/h3-4,6H,5H2,1-2H3,(H,10,11)/b4-3+. The highest BCUT2D eigenvalue weighted by Crippen LogP contribution is 1.95. The average molecular weight is 216 g/mol. The summed E-state index contributed by atoms with van der Waals surface area (Å²) in [6.07, 6.45) is 1.36. The number of carbonyl (C=O) groups is 3. The molecule has 0 fully saturated rings.